The molecule has 3 aromatic rings. The molecule has 0 aliphatic rings. The van der Waals surface area contributed by atoms with Gasteiger partial charge in [-0.15, -0.1) is 0 Å². The molecule has 2 aromatic carbocycles. The van der Waals surface area contributed by atoms with Crippen LogP contribution in [0.2, 0.25) is 5.02 Å². The van der Waals surface area contributed by atoms with Crippen LogP contribution < -0.4 is 15.4 Å². The highest BCUT2D eigenvalue weighted by atomic mass is 35.5. The Bertz CT molecular complexity index is 1270. The van der Waals surface area contributed by atoms with Crippen molar-refractivity contribution >= 4 is 45.1 Å². The fraction of sp³-hybridized carbons (Fsp3) is 0.143. The Kier molecular flexibility index (Phi) is 6.75. The number of nitrogens with one attached hydrogen (secondary N) is 3. The molecule has 0 bridgehead atoms. The number of rotatable bonds is 5. The summed E-state index contributed by atoms with van der Waals surface area (Å²) >= 11 is 5.87. The Hall–Kier alpha value is -3.50. The van der Waals surface area contributed by atoms with Gasteiger partial charge in [-0.25, -0.2) is 23.2 Å². The Morgan fingerprint density at radius 3 is 2.25 bits per heavy atom. The molecule has 3 rings (SSSR count). The average molecular weight is 474 g/mol. The normalized spacial score (nSPS) is 11.0. The summed E-state index contributed by atoms with van der Waals surface area (Å²) in [4.78, 5) is 32.6. The molecule has 1 aromatic heterocycles. The van der Waals surface area contributed by atoms with Gasteiger partial charge in [-0.3, -0.25) is 14.8 Å². The first kappa shape index (κ1) is 23.2. The monoisotopic (exact) mass is 473 g/mol. The first-order valence-electron chi connectivity index (χ1n) is 9.37. The van der Waals surface area contributed by atoms with Crippen LogP contribution >= 0.6 is 11.6 Å². The first-order valence-corrected chi connectivity index (χ1v) is 11.2. The lowest BCUT2D eigenvalue weighted by Crippen LogP contribution is -2.34. The van der Waals surface area contributed by atoms with Crippen molar-refractivity contribution in [3.8, 4) is 0 Å². The second-order valence-corrected chi connectivity index (χ2v) is 9.06. The van der Waals surface area contributed by atoms with Crippen LogP contribution in [0.25, 0.3) is 0 Å². The highest BCUT2D eigenvalue weighted by molar-refractivity contribution is 7.92. The second-order valence-electron chi connectivity index (χ2n) is 6.94. The summed E-state index contributed by atoms with van der Waals surface area (Å²) in [5.74, 6) is 0.0136. The first-order chi connectivity index (χ1) is 15.0. The Morgan fingerprint density at radius 2 is 1.62 bits per heavy atom. The SMILES string of the molecule is Cc1cc(NS(=O)(=O)c2ccc(NC(=O)NC(=O)c3ccc(Cl)cc3C)cc2)nc(C)n1. The summed E-state index contributed by atoms with van der Waals surface area (Å²) in [7, 11) is -3.89. The van der Waals surface area contributed by atoms with Crippen LogP contribution in [0.1, 0.15) is 27.4 Å². The number of hydrogen-bond acceptors (Lipinski definition) is 6. The van der Waals surface area contributed by atoms with E-state index in [1.165, 1.54) is 36.4 Å². The number of carbonyl (C=O) groups excluding carboxylic acids is 2. The van der Waals surface area contributed by atoms with Gasteiger partial charge in [-0.2, -0.15) is 0 Å². The van der Waals surface area contributed by atoms with Crippen LogP contribution in [-0.4, -0.2) is 30.3 Å². The summed E-state index contributed by atoms with van der Waals surface area (Å²) in [6.45, 7) is 5.10. The number of aryl methyl sites for hydroxylation is 3. The number of urea groups is 1. The van der Waals surface area contributed by atoms with Crippen LogP contribution in [0, 0.1) is 20.8 Å². The zero-order valence-electron chi connectivity index (χ0n) is 17.4. The van der Waals surface area contributed by atoms with Crippen molar-refractivity contribution in [1.29, 1.82) is 0 Å². The van der Waals surface area contributed by atoms with Gasteiger partial charge < -0.3 is 5.32 Å². The molecule has 0 aliphatic carbocycles. The molecule has 0 fully saturated rings. The average Bonchev–Trinajstić information content (AvgIpc) is 2.67. The third-order valence-corrected chi connectivity index (χ3v) is 5.89. The molecule has 3 N–H and O–H groups in total. The summed E-state index contributed by atoms with van der Waals surface area (Å²) in [5.41, 5.74) is 1.87. The van der Waals surface area contributed by atoms with E-state index in [9.17, 15) is 18.0 Å². The minimum absolute atomic E-state index is 0.0229. The van der Waals surface area contributed by atoms with E-state index in [0.29, 0.717) is 33.4 Å². The van der Waals surface area contributed by atoms with Crippen LogP contribution in [-0.2, 0) is 10.0 Å². The van der Waals surface area contributed by atoms with E-state index in [4.69, 9.17) is 11.6 Å². The lowest BCUT2D eigenvalue weighted by atomic mass is 10.1. The molecule has 0 saturated carbocycles. The summed E-state index contributed by atoms with van der Waals surface area (Å²) in [6, 6.07) is 10.9. The number of sulfonamides is 1. The predicted octanol–water partition coefficient (Wildman–Crippen LogP) is 3.82. The van der Waals surface area contributed by atoms with E-state index < -0.39 is 22.0 Å². The molecule has 0 radical (unpaired) electrons. The van der Waals surface area contributed by atoms with Gasteiger partial charge in [0.15, 0.2) is 0 Å². The molecule has 3 amide bonds. The van der Waals surface area contributed by atoms with Crippen molar-refractivity contribution < 1.29 is 18.0 Å². The molecule has 0 spiro atoms. The fourth-order valence-corrected chi connectivity index (χ4v) is 4.12. The van der Waals surface area contributed by atoms with Gasteiger partial charge in [0.25, 0.3) is 15.9 Å². The second kappa shape index (κ2) is 9.33. The summed E-state index contributed by atoms with van der Waals surface area (Å²) < 4.78 is 27.6. The van der Waals surface area contributed by atoms with E-state index in [0.717, 1.165) is 0 Å². The topological polar surface area (TPSA) is 130 Å². The molecule has 9 nitrogen and oxygen atoms in total. The summed E-state index contributed by atoms with van der Waals surface area (Å²) in [6.07, 6.45) is 0. The lowest BCUT2D eigenvalue weighted by molar-refractivity contribution is 0.0966. The summed E-state index contributed by atoms with van der Waals surface area (Å²) in [5, 5.41) is 5.18. The van der Waals surface area contributed by atoms with Crippen molar-refractivity contribution in [2.24, 2.45) is 0 Å². The number of halogens is 1. The maximum absolute atomic E-state index is 12.6. The van der Waals surface area contributed by atoms with Gasteiger partial charge in [-0.1, -0.05) is 11.6 Å². The minimum Gasteiger partial charge on any atom is -0.308 e. The molecule has 0 aliphatic heterocycles. The largest absolute Gasteiger partial charge is 0.326 e. The zero-order chi connectivity index (χ0) is 23.5. The minimum atomic E-state index is -3.89. The third kappa shape index (κ3) is 5.80. The van der Waals surface area contributed by atoms with E-state index in [2.05, 4.69) is 25.3 Å². The van der Waals surface area contributed by atoms with E-state index in [1.54, 1.807) is 32.9 Å². The molecule has 1 heterocycles. The highest BCUT2D eigenvalue weighted by Crippen LogP contribution is 2.18. The van der Waals surface area contributed by atoms with Crippen molar-refractivity contribution in [2.45, 2.75) is 25.7 Å². The number of benzene rings is 2. The molecular weight excluding hydrogens is 454 g/mol. The maximum Gasteiger partial charge on any atom is 0.326 e. The molecular formula is C21H20ClN5O4S. The van der Waals surface area contributed by atoms with E-state index in [1.807, 2.05) is 0 Å². The Morgan fingerprint density at radius 1 is 0.938 bits per heavy atom. The standard InChI is InChI=1S/C21H20ClN5O4S/c1-12-10-15(22)4-9-18(12)20(28)26-21(29)25-16-5-7-17(8-6-16)32(30,31)27-19-11-13(2)23-14(3)24-19/h4-11H,1-3H3,(H,23,24,27)(H2,25,26,28,29). The van der Waals surface area contributed by atoms with Gasteiger partial charge in [-0.05, 0) is 68.8 Å². The van der Waals surface area contributed by atoms with Crippen molar-refractivity contribution in [3.63, 3.8) is 0 Å². The van der Waals surface area contributed by atoms with Gasteiger partial charge in [0.2, 0.25) is 0 Å². The molecule has 0 saturated heterocycles. The van der Waals surface area contributed by atoms with Gasteiger partial charge in [0.05, 0.1) is 4.90 Å². The number of carbonyl (C=O) groups is 2. The third-order valence-electron chi connectivity index (χ3n) is 4.29. The van der Waals surface area contributed by atoms with Crippen LogP contribution in [0.3, 0.4) is 0 Å². The Labute approximate surface area is 190 Å². The zero-order valence-corrected chi connectivity index (χ0v) is 19.0. The van der Waals surface area contributed by atoms with Gasteiger partial charge in [0.1, 0.15) is 11.6 Å². The lowest BCUT2D eigenvalue weighted by Gasteiger charge is -2.10. The number of hydrogen-bond donors (Lipinski definition) is 3. The van der Waals surface area contributed by atoms with Crippen LogP contribution in [0.5, 0.6) is 0 Å². The number of nitrogens with zero attached hydrogens (tertiary/aromatic N) is 2. The molecule has 0 atom stereocenters. The smallest absolute Gasteiger partial charge is 0.308 e. The van der Waals surface area contributed by atoms with Crippen LogP contribution in [0.4, 0.5) is 16.3 Å². The van der Waals surface area contributed by atoms with E-state index >= 15 is 0 Å². The fourth-order valence-electron chi connectivity index (χ4n) is 2.90. The predicted molar refractivity (Wildman–Crippen MR) is 121 cm³/mol. The number of amides is 3. The number of imide groups is 1. The molecule has 11 heteroatoms. The number of anilines is 2. The molecule has 0 unspecified atom stereocenters. The van der Waals surface area contributed by atoms with Crippen molar-refractivity contribution in [1.82, 2.24) is 15.3 Å². The van der Waals surface area contributed by atoms with E-state index in [-0.39, 0.29) is 10.7 Å². The van der Waals surface area contributed by atoms with Crippen molar-refractivity contribution in [2.75, 3.05) is 10.0 Å². The number of aromatic nitrogens is 2. The highest BCUT2D eigenvalue weighted by Gasteiger charge is 2.17. The van der Waals surface area contributed by atoms with Gasteiger partial charge >= 0.3 is 6.03 Å². The van der Waals surface area contributed by atoms with Crippen LogP contribution in [0.15, 0.2) is 53.4 Å². The Balaban J connectivity index is 1.65. The molecule has 32 heavy (non-hydrogen) atoms. The molecule has 166 valence electrons. The van der Waals surface area contributed by atoms with Gasteiger partial charge in [0, 0.05) is 28.0 Å². The quantitative estimate of drug-likeness (QED) is 0.516. The maximum atomic E-state index is 12.6. The van der Waals surface area contributed by atoms with Crippen molar-refractivity contribution in [3.05, 3.63) is 76.2 Å².